The quantitative estimate of drug-likeness (QED) is 0.677. The van der Waals surface area contributed by atoms with Crippen LogP contribution >= 0.6 is 0 Å². The van der Waals surface area contributed by atoms with Crippen molar-refractivity contribution >= 4 is 11.4 Å². The average molecular weight is 190 g/mol. The summed E-state index contributed by atoms with van der Waals surface area (Å²) in [5.74, 6) is 0. The number of hydrogen-bond donors (Lipinski definition) is 1. The number of anilines is 2. The van der Waals surface area contributed by atoms with Gasteiger partial charge in [0.15, 0.2) is 0 Å². The van der Waals surface area contributed by atoms with E-state index in [0.717, 1.165) is 18.8 Å². The molecule has 2 bridgehead atoms. The third-order valence-corrected chi connectivity index (χ3v) is 2.99. The lowest BCUT2D eigenvalue weighted by Crippen LogP contribution is -2.57. The number of rotatable bonds is 1. The molecule has 3 fully saturated rings. The number of benzene rings is 1. The Labute approximate surface area is 83.5 Å². The minimum Gasteiger partial charge on any atom is -0.399 e. The predicted octanol–water partition coefficient (Wildman–Crippen LogP) is 1.25. The van der Waals surface area contributed by atoms with Gasteiger partial charge in [-0.2, -0.15) is 0 Å². The van der Waals surface area contributed by atoms with Crippen molar-refractivity contribution < 1.29 is 4.74 Å². The molecular weight excluding hydrogens is 176 g/mol. The van der Waals surface area contributed by atoms with Gasteiger partial charge in [0.05, 0.1) is 12.2 Å². The first-order valence-electron chi connectivity index (χ1n) is 5.07. The highest BCUT2D eigenvalue weighted by atomic mass is 16.5. The molecule has 3 saturated heterocycles. The Bertz CT molecular complexity index is 337. The summed E-state index contributed by atoms with van der Waals surface area (Å²) in [6.45, 7) is 2.03. The van der Waals surface area contributed by atoms with Crippen LogP contribution in [0, 0.1) is 0 Å². The third kappa shape index (κ3) is 1.24. The Kier molecular flexibility index (Phi) is 1.67. The van der Waals surface area contributed by atoms with Crippen LogP contribution < -0.4 is 10.6 Å². The Balaban J connectivity index is 1.82. The Morgan fingerprint density at radius 2 is 2.00 bits per heavy atom. The van der Waals surface area contributed by atoms with E-state index in [-0.39, 0.29) is 0 Å². The van der Waals surface area contributed by atoms with Crippen LogP contribution in [0.1, 0.15) is 6.42 Å². The van der Waals surface area contributed by atoms with E-state index in [4.69, 9.17) is 10.5 Å². The van der Waals surface area contributed by atoms with E-state index in [1.54, 1.807) is 0 Å². The first-order valence-corrected chi connectivity index (χ1v) is 5.07. The molecule has 3 aliphatic rings. The fraction of sp³-hybridized carbons (Fsp3) is 0.455. The summed E-state index contributed by atoms with van der Waals surface area (Å²) in [7, 11) is 0. The molecule has 2 atom stereocenters. The van der Waals surface area contributed by atoms with Crippen molar-refractivity contribution in [3.63, 3.8) is 0 Å². The van der Waals surface area contributed by atoms with Gasteiger partial charge in [-0.3, -0.25) is 0 Å². The zero-order valence-electron chi connectivity index (χ0n) is 8.02. The van der Waals surface area contributed by atoms with Gasteiger partial charge in [-0.15, -0.1) is 0 Å². The minimum atomic E-state index is 0.454. The van der Waals surface area contributed by atoms with E-state index in [1.165, 1.54) is 12.1 Å². The molecule has 0 amide bonds. The van der Waals surface area contributed by atoms with Crippen molar-refractivity contribution in [2.75, 3.05) is 23.7 Å². The van der Waals surface area contributed by atoms with Gasteiger partial charge in [0.2, 0.25) is 0 Å². The predicted molar refractivity (Wildman–Crippen MR) is 56.3 cm³/mol. The number of nitrogens with zero attached hydrogens (tertiary/aromatic N) is 1. The zero-order chi connectivity index (χ0) is 9.54. The van der Waals surface area contributed by atoms with E-state index < -0.39 is 0 Å². The molecule has 3 nitrogen and oxygen atoms in total. The molecule has 2 N–H and O–H groups in total. The van der Waals surface area contributed by atoms with Crippen LogP contribution in [0.5, 0.6) is 0 Å². The van der Waals surface area contributed by atoms with E-state index in [1.807, 2.05) is 18.2 Å². The standard InChI is InChI=1S/C11H14N2O/c12-8-2-1-3-9(4-8)13-6-10-5-11(7-13)14-10/h1-4,10-11H,5-7,12H2. The maximum atomic E-state index is 5.75. The number of morpholine rings is 1. The SMILES string of the molecule is Nc1cccc(N2CC3CC(C2)O3)c1. The third-order valence-electron chi connectivity index (χ3n) is 2.99. The Morgan fingerprint density at radius 1 is 1.29 bits per heavy atom. The zero-order valence-corrected chi connectivity index (χ0v) is 8.02. The Hall–Kier alpha value is -1.22. The lowest BCUT2D eigenvalue weighted by atomic mass is 9.98. The number of piperidine rings is 1. The highest BCUT2D eigenvalue weighted by molar-refractivity contribution is 5.56. The smallest absolute Gasteiger partial charge is 0.0780 e. The molecule has 0 radical (unpaired) electrons. The second-order valence-electron chi connectivity index (χ2n) is 4.12. The monoisotopic (exact) mass is 190 g/mol. The molecule has 1 aromatic carbocycles. The maximum absolute atomic E-state index is 5.75. The van der Waals surface area contributed by atoms with E-state index in [9.17, 15) is 0 Å². The van der Waals surface area contributed by atoms with Crippen LogP contribution in [0.3, 0.4) is 0 Å². The molecular formula is C11H14N2O. The van der Waals surface area contributed by atoms with Crippen LogP contribution in [-0.2, 0) is 4.74 Å². The van der Waals surface area contributed by atoms with Crippen molar-refractivity contribution in [3.05, 3.63) is 24.3 Å². The molecule has 0 spiro atoms. The fourth-order valence-corrected chi connectivity index (χ4v) is 2.29. The van der Waals surface area contributed by atoms with E-state index in [0.29, 0.717) is 12.2 Å². The summed E-state index contributed by atoms with van der Waals surface area (Å²) in [6.07, 6.45) is 2.14. The molecule has 3 heteroatoms. The normalized spacial score (nSPS) is 29.9. The molecule has 2 unspecified atom stereocenters. The average Bonchev–Trinajstić information content (AvgIpc) is 2.17. The summed E-state index contributed by atoms with van der Waals surface area (Å²) in [4.78, 5) is 2.36. The highest BCUT2D eigenvalue weighted by Gasteiger charge is 2.38. The van der Waals surface area contributed by atoms with Crippen LogP contribution in [-0.4, -0.2) is 25.3 Å². The topological polar surface area (TPSA) is 38.5 Å². The first kappa shape index (κ1) is 8.12. The molecule has 4 rings (SSSR count). The summed E-state index contributed by atoms with van der Waals surface area (Å²) in [5, 5.41) is 0. The molecule has 74 valence electrons. The van der Waals surface area contributed by atoms with Crippen molar-refractivity contribution in [1.29, 1.82) is 0 Å². The number of ether oxygens (including phenoxy) is 1. The second-order valence-corrected chi connectivity index (χ2v) is 4.12. The molecule has 1 aromatic rings. The largest absolute Gasteiger partial charge is 0.399 e. The minimum absolute atomic E-state index is 0.454. The van der Waals surface area contributed by atoms with E-state index in [2.05, 4.69) is 11.0 Å². The van der Waals surface area contributed by atoms with Gasteiger partial charge >= 0.3 is 0 Å². The molecule has 3 heterocycles. The molecule has 14 heavy (non-hydrogen) atoms. The van der Waals surface area contributed by atoms with Crippen molar-refractivity contribution in [3.8, 4) is 0 Å². The van der Waals surface area contributed by atoms with Gasteiger partial charge in [-0.05, 0) is 18.2 Å². The van der Waals surface area contributed by atoms with Gasteiger partial charge in [0.1, 0.15) is 0 Å². The highest BCUT2D eigenvalue weighted by Crippen LogP contribution is 2.31. The summed E-state index contributed by atoms with van der Waals surface area (Å²) in [5.41, 5.74) is 7.81. The van der Waals surface area contributed by atoms with Gasteiger partial charge in [0, 0.05) is 30.9 Å². The number of nitrogens with two attached hydrogens (primary N) is 1. The summed E-state index contributed by atoms with van der Waals surface area (Å²) in [6, 6.07) is 8.07. The van der Waals surface area contributed by atoms with Crippen LogP contribution in [0.2, 0.25) is 0 Å². The van der Waals surface area contributed by atoms with Crippen molar-refractivity contribution in [2.24, 2.45) is 0 Å². The number of hydrogen-bond acceptors (Lipinski definition) is 3. The lowest BCUT2D eigenvalue weighted by Gasteiger charge is -2.48. The van der Waals surface area contributed by atoms with Gasteiger partial charge in [-0.25, -0.2) is 0 Å². The molecule has 0 aromatic heterocycles. The Morgan fingerprint density at radius 3 is 2.64 bits per heavy atom. The number of nitrogen functional groups attached to an aromatic ring is 1. The van der Waals surface area contributed by atoms with Gasteiger partial charge < -0.3 is 15.4 Å². The van der Waals surface area contributed by atoms with Crippen molar-refractivity contribution in [2.45, 2.75) is 18.6 Å². The second kappa shape index (κ2) is 2.89. The van der Waals surface area contributed by atoms with Crippen LogP contribution in [0.4, 0.5) is 11.4 Å². The van der Waals surface area contributed by atoms with E-state index >= 15 is 0 Å². The number of fused-ring (bicyclic) bond motifs is 2. The lowest BCUT2D eigenvalue weighted by molar-refractivity contribution is -0.133. The maximum Gasteiger partial charge on any atom is 0.0780 e. The molecule has 0 saturated carbocycles. The van der Waals surface area contributed by atoms with Gasteiger partial charge in [0.25, 0.3) is 0 Å². The first-order chi connectivity index (χ1) is 6.81. The molecule has 0 aliphatic carbocycles. The van der Waals surface area contributed by atoms with Crippen LogP contribution in [0.15, 0.2) is 24.3 Å². The summed E-state index contributed by atoms with van der Waals surface area (Å²) < 4.78 is 5.58. The fourth-order valence-electron chi connectivity index (χ4n) is 2.29. The van der Waals surface area contributed by atoms with Gasteiger partial charge in [-0.1, -0.05) is 6.07 Å². The molecule has 3 aliphatic heterocycles. The van der Waals surface area contributed by atoms with Crippen LogP contribution in [0.25, 0.3) is 0 Å². The summed E-state index contributed by atoms with van der Waals surface area (Å²) >= 11 is 0. The van der Waals surface area contributed by atoms with Crippen molar-refractivity contribution in [1.82, 2.24) is 0 Å².